The standard InChI is InChI=1S/C17H16O2/c1-11-7-8-14(9-12(11)2)17(18)16-10-13-5-3-4-6-15(13)19-16/h3-10,17-18H,1-2H3. The van der Waals surface area contributed by atoms with Crippen LogP contribution in [0.4, 0.5) is 0 Å². The van der Waals surface area contributed by atoms with Gasteiger partial charge in [-0.25, -0.2) is 0 Å². The first-order valence-electron chi connectivity index (χ1n) is 6.39. The van der Waals surface area contributed by atoms with Crippen molar-refractivity contribution >= 4 is 11.0 Å². The van der Waals surface area contributed by atoms with Crippen LogP contribution in [0.3, 0.4) is 0 Å². The van der Waals surface area contributed by atoms with E-state index in [4.69, 9.17) is 4.42 Å². The summed E-state index contributed by atoms with van der Waals surface area (Å²) in [5.41, 5.74) is 4.07. The van der Waals surface area contributed by atoms with Gasteiger partial charge in [0, 0.05) is 5.39 Å². The highest BCUT2D eigenvalue weighted by Crippen LogP contribution is 2.28. The van der Waals surface area contributed by atoms with E-state index in [9.17, 15) is 5.11 Å². The highest BCUT2D eigenvalue weighted by atomic mass is 16.4. The molecule has 1 N–H and O–H groups in total. The number of fused-ring (bicyclic) bond motifs is 1. The van der Waals surface area contributed by atoms with E-state index in [-0.39, 0.29) is 0 Å². The van der Waals surface area contributed by atoms with E-state index in [0.717, 1.165) is 16.5 Å². The van der Waals surface area contributed by atoms with Crippen LogP contribution in [-0.2, 0) is 0 Å². The molecule has 1 aromatic heterocycles. The first-order chi connectivity index (χ1) is 9.15. The van der Waals surface area contributed by atoms with E-state index >= 15 is 0 Å². The summed E-state index contributed by atoms with van der Waals surface area (Å²) in [5, 5.41) is 11.4. The molecule has 0 radical (unpaired) electrons. The van der Waals surface area contributed by atoms with Gasteiger partial charge in [0.1, 0.15) is 17.4 Å². The van der Waals surface area contributed by atoms with Crippen molar-refractivity contribution in [2.75, 3.05) is 0 Å². The number of rotatable bonds is 2. The lowest BCUT2D eigenvalue weighted by atomic mass is 10.0. The third-order valence-electron chi connectivity index (χ3n) is 3.56. The summed E-state index contributed by atoms with van der Waals surface area (Å²) in [4.78, 5) is 0. The summed E-state index contributed by atoms with van der Waals surface area (Å²) < 4.78 is 5.70. The lowest BCUT2D eigenvalue weighted by Crippen LogP contribution is -1.98. The molecule has 0 saturated carbocycles. The predicted octanol–water partition coefficient (Wildman–Crippen LogP) is 4.13. The van der Waals surface area contributed by atoms with Crippen LogP contribution in [-0.4, -0.2) is 5.11 Å². The normalized spacial score (nSPS) is 12.8. The Morgan fingerprint density at radius 2 is 1.74 bits per heavy atom. The average Bonchev–Trinajstić information content (AvgIpc) is 2.85. The number of aliphatic hydroxyl groups excluding tert-OH is 1. The molecule has 0 bridgehead atoms. The fourth-order valence-electron chi connectivity index (χ4n) is 2.24. The van der Waals surface area contributed by atoms with Gasteiger partial charge in [0.15, 0.2) is 0 Å². The van der Waals surface area contributed by atoms with Crippen LogP contribution in [0.5, 0.6) is 0 Å². The zero-order chi connectivity index (χ0) is 13.4. The van der Waals surface area contributed by atoms with E-state index < -0.39 is 6.10 Å². The predicted molar refractivity (Wildman–Crippen MR) is 76.2 cm³/mol. The Kier molecular flexibility index (Phi) is 2.88. The van der Waals surface area contributed by atoms with Gasteiger partial charge >= 0.3 is 0 Å². The van der Waals surface area contributed by atoms with Crippen LogP contribution < -0.4 is 0 Å². The minimum absolute atomic E-state index is 0.587. The Balaban J connectivity index is 2.02. The molecule has 0 spiro atoms. The minimum Gasteiger partial charge on any atom is -0.458 e. The quantitative estimate of drug-likeness (QED) is 0.744. The molecule has 96 valence electrons. The number of hydrogen-bond donors (Lipinski definition) is 1. The van der Waals surface area contributed by atoms with Crippen LogP contribution in [0.15, 0.2) is 52.9 Å². The second-order valence-electron chi connectivity index (χ2n) is 4.93. The van der Waals surface area contributed by atoms with Crippen molar-refractivity contribution in [3.8, 4) is 0 Å². The molecule has 3 aromatic rings. The third kappa shape index (κ3) is 2.15. The number of benzene rings is 2. The van der Waals surface area contributed by atoms with Crippen molar-refractivity contribution in [1.29, 1.82) is 0 Å². The van der Waals surface area contributed by atoms with E-state index in [1.807, 2.05) is 55.5 Å². The minimum atomic E-state index is -0.716. The molecule has 1 atom stereocenters. The maximum atomic E-state index is 10.4. The number of aliphatic hydroxyl groups is 1. The van der Waals surface area contributed by atoms with Crippen LogP contribution in [0.1, 0.15) is 28.6 Å². The molecule has 3 rings (SSSR count). The summed E-state index contributed by atoms with van der Waals surface area (Å²) >= 11 is 0. The Hall–Kier alpha value is -2.06. The molecule has 0 amide bonds. The first-order valence-corrected chi connectivity index (χ1v) is 6.39. The lowest BCUT2D eigenvalue weighted by molar-refractivity contribution is 0.192. The average molecular weight is 252 g/mol. The number of aryl methyl sites for hydroxylation is 2. The molecule has 1 unspecified atom stereocenters. The highest BCUT2D eigenvalue weighted by molar-refractivity contribution is 5.77. The highest BCUT2D eigenvalue weighted by Gasteiger charge is 2.15. The van der Waals surface area contributed by atoms with Crippen LogP contribution in [0.2, 0.25) is 0 Å². The summed E-state index contributed by atoms with van der Waals surface area (Å²) in [5.74, 6) is 0.587. The van der Waals surface area contributed by atoms with E-state index in [2.05, 4.69) is 6.92 Å². The van der Waals surface area contributed by atoms with Gasteiger partial charge in [0.05, 0.1) is 0 Å². The van der Waals surface area contributed by atoms with Gasteiger partial charge in [-0.1, -0.05) is 36.4 Å². The summed E-state index contributed by atoms with van der Waals surface area (Å²) in [6.07, 6.45) is -0.716. The van der Waals surface area contributed by atoms with E-state index in [1.165, 1.54) is 11.1 Å². The van der Waals surface area contributed by atoms with Gasteiger partial charge in [-0.05, 0) is 42.7 Å². The summed E-state index contributed by atoms with van der Waals surface area (Å²) in [7, 11) is 0. The molecule has 2 nitrogen and oxygen atoms in total. The summed E-state index contributed by atoms with van der Waals surface area (Å²) in [6, 6.07) is 15.7. The smallest absolute Gasteiger partial charge is 0.138 e. The Morgan fingerprint density at radius 3 is 2.47 bits per heavy atom. The molecular formula is C17H16O2. The van der Waals surface area contributed by atoms with Crippen molar-refractivity contribution in [3.05, 3.63) is 71.0 Å². The third-order valence-corrected chi connectivity index (χ3v) is 3.56. The van der Waals surface area contributed by atoms with E-state index in [1.54, 1.807) is 0 Å². The lowest BCUT2D eigenvalue weighted by Gasteiger charge is -2.10. The molecule has 0 aliphatic rings. The van der Waals surface area contributed by atoms with Crippen molar-refractivity contribution in [2.45, 2.75) is 20.0 Å². The molecule has 2 aromatic carbocycles. The zero-order valence-electron chi connectivity index (χ0n) is 11.1. The second kappa shape index (κ2) is 4.56. The van der Waals surface area contributed by atoms with Crippen LogP contribution >= 0.6 is 0 Å². The van der Waals surface area contributed by atoms with Gasteiger partial charge in [-0.15, -0.1) is 0 Å². The molecule has 19 heavy (non-hydrogen) atoms. The zero-order valence-corrected chi connectivity index (χ0v) is 11.1. The van der Waals surface area contributed by atoms with Gasteiger partial charge in [-0.2, -0.15) is 0 Å². The van der Waals surface area contributed by atoms with Crippen molar-refractivity contribution in [3.63, 3.8) is 0 Å². The molecule has 0 fully saturated rings. The van der Waals surface area contributed by atoms with Crippen molar-refractivity contribution < 1.29 is 9.52 Å². The van der Waals surface area contributed by atoms with Gasteiger partial charge in [-0.3, -0.25) is 0 Å². The van der Waals surface area contributed by atoms with E-state index in [0.29, 0.717) is 5.76 Å². The number of para-hydroxylation sites is 1. The SMILES string of the molecule is Cc1ccc(C(O)c2cc3ccccc3o2)cc1C. The first kappa shape index (κ1) is 12.0. The van der Waals surface area contributed by atoms with Gasteiger partial charge in [0.25, 0.3) is 0 Å². The topological polar surface area (TPSA) is 33.4 Å². The largest absolute Gasteiger partial charge is 0.458 e. The monoisotopic (exact) mass is 252 g/mol. The van der Waals surface area contributed by atoms with Crippen molar-refractivity contribution in [1.82, 2.24) is 0 Å². The molecule has 2 heteroatoms. The number of hydrogen-bond acceptors (Lipinski definition) is 2. The molecule has 0 aliphatic carbocycles. The fourth-order valence-corrected chi connectivity index (χ4v) is 2.24. The Bertz CT molecular complexity index is 692. The Morgan fingerprint density at radius 1 is 0.947 bits per heavy atom. The molecule has 0 saturated heterocycles. The fraction of sp³-hybridized carbons (Fsp3) is 0.176. The molecule has 1 heterocycles. The number of furan rings is 1. The summed E-state index contributed by atoms with van der Waals surface area (Å²) in [6.45, 7) is 4.11. The van der Waals surface area contributed by atoms with Gasteiger partial charge in [0.2, 0.25) is 0 Å². The van der Waals surface area contributed by atoms with Crippen LogP contribution in [0, 0.1) is 13.8 Å². The van der Waals surface area contributed by atoms with Gasteiger partial charge < -0.3 is 9.52 Å². The molecule has 0 aliphatic heterocycles. The second-order valence-corrected chi connectivity index (χ2v) is 4.93. The Labute approximate surface area is 112 Å². The van der Waals surface area contributed by atoms with Crippen LogP contribution in [0.25, 0.3) is 11.0 Å². The maximum Gasteiger partial charge on any atom is 0.138 e. The van der Waals surface area contributed by atoms with Crippen molar-refractivity contribution in [2.24, 2.45) is 0 Å². The molecular weight excluding hydrogens is 236 g/mol. The maximum absolute atomic E-state index is 10.4.